The number of ether oxygens (including phenoxy) is 36. The van der Waals surface area contributed by atoms with Gasteiger partial charge in [0.25, 0.3) is 0 Å². The molecule has 0 spiro atoms. The van der Waals surface area contributed by atoms with Gasteiger partial charge in [0.05, 0.1) is 126 Å². The van der Waals surface area contributed by atoms with E-state index in [1.165, 1.54) is 0 Å². The van der Waals surface area contributed by atoms with Gasteiger partial charge in [-0.05, 0) is 23.7 Å². The fraction of sp³-hybridized carbons (Fsp3) is 1.00. The van der Waals surface area contributed by atoms with Crippen LogP contribution in [0.2, 0.25) is 0 Å². The molecular formula is C88H176O40. The molecule has 8 fully saturated rings. The third-order valence-electron chi connectivity index (χ3n) is 25.7. The van der Waals surface area contributed by atoms with Crippen molar-refractivity contribution >= 4 is 0 Å². The smallest absolute Gasteiger partial charge is 0.186 e. The molecule has 0 aromatic carbocycles. The first kappa shape index (κ1) is 124. The molecule has 0 aromatic heterocycles. The molecule has 0 saturated carbocycles. The molecule has 128 heavy (non-hydrogen) atoms. The Morgan fingerprint density at radius 2 is 0.258 bits per heavy atom. The number of rotatable bonds is 40. The molecule has 0 aliphatic carbocycles. The maximum Gasteiger partial charge on any atom is 0.186 e. The minimum absolute atomic E-state index is 0.00356. The van der Waals surface area contributed by atoms with E-state index in [0.29, 0.717) is 52.9 Å². The summed E-state index contributed by atoms with van der Waals surface area (Å²) in [6.45, 7) is 20.7. The number of hydrogen-bond donors (Lipinski definition) is 4. The predicted molar refractivity (Wildman–Crippen MR) is 466 cm³/mol. The summed E-state index contributed by atoms with van der Waals surface area (Å²) < 4.78 is 194. The second-order valence-corrected chi connectivity index (χ2v) is 32.5. The summed E-state index contributed by atoms with van der Waals surface area (Å²) in [7, 11) is 45.5. The highest BCUT2D eigenvalue weighted by atomic mass is 16.8. The molecule has 40 nitrogen and oxygen atoms in total. The van der Waals surface area contributed by atoms with Crippen LogP contribution < -0.4 is 0 Å². The summed E-state index contributed by atoms with van der Waals surface area (Å²) in [5, 5.41) is 37.7. The van der Waals surface area contributed by atoms with E-state index in [9.17, 15) is 20.4 Å². The number of methoxy groups -OCH3 is 28. The first-order valence-corrected chi connectivity index (χ1v) is 43.7. The van der Waals surface area contributed by atoms with Crippen LogP contribution in [0.5, 0.6) is 0 Å². The number of aliphatic hydroxyl groups excluding tert-OH is 4. The third-order valence-corrected chi connectivity index (χ3v) is 25.7. The average Bonchev–Trinajstić information content (AvgIpc) is 0.862. The van der Waals surface area contributed by atoms with Gasteiger partial charge in [0, 0.05) is 273 Å². The summed E-state index contributed by atoms with van der Waals surface area (Å²) in [6, 6.07) is 0. The molecule has 8 heterocycles. The molecule has 0 amide bonds. The van der Waals surface area contributed by atoms with E-state index in [0.717, 1.165) is 0 Å². The molecule has 0 aromatic rings. The van der Waals surface area contributed by atoms with Crippen LogP contribution in [0.25, 0.3) is 0 Å². The molecular weight excluding hydrogens is 1700 g/mol. The highest BCUT2D eigenvalue weighted by Gasteiger charge is 2.52. The van der Waals surface area contributed by atoms with Crippen LogP contribution in [0.15, 0.2) is 0 Å². The van der Waals surface area contributed by atoms with E-state index in [2.05, 4.69) is 27.7 Å². The molecule has 768 valence electrons. The summed E-state index contributed by atoms with van der Waals surface area (Å²) in [4.78, 5) is 0. The molecule has 40 heteroatoms. The quantitative estimate of drug-likeness (QED) is 0.0679. The lowest BCUT2D eigenvalue weighted by Gasteiger charge is -2.43. The lowest BCUT2D eigenvalue weighted by atomic mass is 9.82. The maximum atomic E-state index is 9.43. The second kappa shape index (κ2) is 70.1. The Morgan fingerprint density at radius 1 is 0.148 bits per heavy atom. The Hall–Kier alpha value is -1.60. The molecule has 8 aliphatic heterocycles. The largest absolute Gasteiger partial charge is 0.396 e. The van der Waals surface area contributed by atoms with Crippen molar-refractivity contribution in [1.82, 2.24) is 0 Å². The van der Waals surface area contributed by atoms with E-state index < -0.39 is 50.3 Å². The Kier molecular flexibility index (Phi) is 68.1. The SMILES string of the molecule is COCC1OC(OC)C(OC)C(CO)[C@@H]1C.COCC1OC(OC)C(OC)C(CO)[C@@H]1C.COCC1OC(OC)C(OC)C(CO)[C@@H]1C.COCC1OC(OC)C(OC)C(CO)[C@@H]1C.COCC1OC(OC)C(OC)C(OC)[C@@H]1C.COCC1OC(OC)C(OC)C(OC)[C@@H]1C.COCC1OC(OC)C(OC)C(OC)[C@@H]1C.COCC1OC(OC)C(OC)C(OC)[C@@H]1C. The topological polar surface area (TPSA) is 413 Å². The van der Waals surface area contributed by atoms with Crippen molar-refractivity contribution in [3.8, 4) is 0 Å². The van der Waals surface area contributed by atoms with E-state index in [1.54, 1.807) is 199 Å². The van der Waals surface area contributed by atoms with Gasteiger partial charge in [-0.2, -0.15) is 0 Å². The predicted octanol–water partition coefficient (Wildman–Crippen LogP) is 3.74. The van der Waals surface area contributed by atoms with Crippen LogP contribution >= 0.6 is 0 Å². The Labute approximate surface area is 765 Å². The molecule has 8 saturated heterocycles. The van der Waals surface area contributed by atoms with Gasteiger partial charge in [-0.1, -0.05) is 55.4 Å². The van der Waals surface area contributed by atoms with E-state index in [4.69, 9.17) is 171 Å². The van der Waals surface area contributed by atoms with Crippen LogP contribution in [0.1, 0.15) is 55.4 Å². The van der Waals surface area contributed by atoms with Crippen molar-refractivity contribution in [2.24, 2.45) is 71.0 Å². The van der Waals surface area contributed by atoms with Crippen LogP contribution in [-0.2, 0) is 171 Å². The van der Waals surface area contributed by atoms with Crippen LogP contribution in [0, 0.1) is 71.0 Å². The van der Waals surface area contributed by atoms with E-state index in [1.807, 2.05) is 27.7 Å². The molecule has 8 aliphatic rings. The third kappa shape index (κ3) is 35.7. The average molecular weight is 1870 g/mol. The van der Waals surface area contributed by atoms with Crippen LogP contribution in [0.3, 0.4) is 0 Å². The molecule has 4 N–H and O–H groups in total. The normalized spacial score (nSPS) is 39.9. The zero-order valence-electron chi connectivity index (χ0n) is 84.1. The maximum absolute atomic E-state index is 9.43. The first-order valence-electron chi connectivity index (χ1n) is 43.7. The lowest BCUT2D eigenvalue weighted by molar-refractivity contribution is -0.290. The standard InChI is InChI=1S/8C11H22O5/c4*1-7-8(6-12-2)16-11(15-5)10(14-4)9(7)13-3;4*1-7-8(5-12)10(14-3)11(15-4)16-9(7)6-13-2/h4*7-11H,6H2,1-5H3;4*7-12H,5-6H2,1-4H3/t8*7-,8?,9?,10?,11?/m11110000/s1. The van der Waals surface area contributed by atoms with E-state index in [-0.39, 0.29) is 220 Å². The van der Waals surface area contributed by atoms with Gasteiger partial charge >= 0.3 is 0 Å². The Balaban J connectivity index is 0.000000731. The van der Waals surface area contributed by atoms with Crippen LogP contribution in [-0.4, -0.2) is 471 Å². The molecule has 40 atom stereocenters. The zero-order chi connectivity index (χ0) is 97.0. The summed E-state index contributed by atoms with van der Waals surface area (Å²) in [6.07, 6.45) is -5.85. The molecule has 0 bridgehead atoms. The van der Waals surface area contributed by atoms with Gasteiger partial charge in [0.15, 0.2) is 50.3 Å². The Bertz CT molecular complexity index is 2090. The van der Waals surface area contributed by atoms with Gasteiger partial charge in [-0.25, -0.2) is 0 Å². The first-order chi connectivity index (χ1) is 61.5. The zero-order valence-corrected chi connectivity index (χ0v) is 84.1. The van der Waals surface area contributed by atoms with Crippen molar-refractivity contribution < 1.29 is 191 Å². The minimum Gasteiger partial charge on any atom is -0.396 e. The van der Waals surface area contributed by atoms with Crippen molar-refractivity contribution in [2.75, 3.05) is 278 Å². The highest BCUT2D eigenvalue weighted by molar-refractivity contribution is 4.95. The second-order valence-electron chi connectivity index (χ2n) is 32.5. The van der Waals surface area contributed by atoms with Gasteiger partial charge in [-0.3, -0.25) is 0 Å². The minimum atomic E-state index is -0.446. The molecule has 8 rings (SSSR count). The lowest BCUT2D eigenvalue weighted by Crippen LogP contribution is -2.56. The number of hydrogen-bond acceptors (Lipinski definition) is 40. The Morgan fingerprint density at radius 3 is 0.352 bits per heavy atom. The van der Waals surface area contributed by atoms with Gasteiger partial charge in [0.1, 0.15) is 48.8 Å². The van der Waals surface area contributed by atoms with Gasteiger partial charge < -0.3 is 191 Å². The van der Waals surface area contributed by atoms with Crippen molar-refractivity contribution in [3.05, 3.63) is 0 Å². The van der Waals surface area contributed by atoms with Crippen LogP contribution in [0.4, 0.5) is 0 Å². The number of aliphatic hydroxyl groups is 4. The van der Waals surface area contributed by atoms with Gasteiger partial charge in [-0.15, -0.1) is 0 Å². The van der Waals surface area contributed by atoms with Gasteiger partial charge in [0.2, 0.25) is 0 Å². The molecule has 0 radical (unpaired) electrons. The summed E-state index contributed by atoms with van der Waals surface area (Å²) in [5.74, 6) is 1.47. The molecule has 32 unspecified atom stereocenters. The highest BCUT2D eigenvalue weighted by Crippen LogP contribution is 2.40. The fourth-order valence-electron chi connectivity index (χ4n) is 17.7. The van der Waals surface area contributed by atoms with Crippen molar-refractivity contribution in [1.29, 1.82) is 0 Å². The summed E-state index contributed by atoms with van der Waals surface area (Å²) >= 11 is 0. The summed E-state index contributed by atoms with van der Waals surface area (Å²) in [5.41, 5.74) is 0. The monoisotopic (exact) mass is 1870 g/mol. The van der Waals surface area contributed by atoms with E-state index >= 15 is 0 Å². The van der Waals surface area contributed by atoms with Crippen molar-refractivity contribution in [2.45, 2.75) is 228 Å². The van der Waals surface area contributed by atoms with Crippen molar-refractivity contribution in [3.63, 3.8) is 0 Å². The fourth-order valence-corrected chi connectivity index (χ4v) is 17.7.